The number of hydrogen-bond donors (Lipinski definition) is 3. The summed E-state index contributed by atoms with van der Waals surface area (Å²) in [6, 6.07) is 1.58. The molecular formula is C11H9F6N3O5-2. The molecule has 1 aromatic carbocycles. The van der Waals surface area contributed by atoms with Gasteiger partial charge in [-0.25, -0.2) is 0 Å². The molecule has 3 N–H and O–H groups in total. The fraction of sp³-hybridized carbons (Fsp3) is 0.364. The molecule has 0 saturated heterocycles. The van der Waals surface area contributed by atoms with Gasteiger partial charge >= 0.3 is 12.4 Å². The van der Waals surface area contributed by atoms with Gasteiger partial charge in [-0.2, -0.15) is 26.3 Å². The van der Waals surface area contributed by atoms with Crippen molar-refractivity contribution in [3.05, 3.63) is 28.6 Å². The summed E-state index contributed by atoms with van der Waals surface area (Å²) >= 11 is 0. The normalized spacial score (nSPS) is 12.8. The van der Waals surface area contributed by atoms with E-state index in [1.165, 1.54) is 5.32 Å². The lowest BCUT2D eigenvalue weighted by Gasteiger charge is -2.38. The first-order valence-electron chi connectivity index (χ1n) is 6.04. The van der Waals surface area contributed by atoms with E-state index in [-0.39, 0.29) is 0 Å². The molecule has 14 heteroatoms. The van der Waals surface area contributed by atoms with Gasteiger partial charge in [0.15, 0.2) is 0 Å². The van der Waals surface area contributed by atoms with Crippen LogP contribution in [0.2, 0.25) is 0 Å². The first-order chi connectivity index (χ1) is 11.1. The van der Waals surface area contributed by atoms with Gasteiger partial charge in [0.2, 0.25) is 11.3 Å². The number of halogens is 6. The highest BCUT2D eigenvalue weighted by molar-refractivity contribution is 5.99. The Bertz CT molecular complexity index is 632. The van der Waals surface area contributed by atoms with Gasteiger partial charge in [0.25, 0.3) is 0 Å². The molecule has 0 bridgehead atoms. The largest absolute Gasteiger partial charge is 0.769 e. The van der Waals surface area contributed by atoms with Crippen LogP contribution in [0.1, 0.15) is 6.92 Å². The van der Waals surface area contributed by atoms with Crippen molar-refractivity contribution in [2.45, 2.75) is 19.3 Å². The minimum absolute atomic E-state index is 0.400. The van der Waals surface area contributed by atoms with Gasteiger partial charge in [-0.05, 0) is 25.1 Å². The molecule has 0 aromatic heterocycles. The molecule has 25 heavy (non-hydrogen) atoms. The fourth-order valence-corrected chi connectivity index (χ4v) is 1.57. The minimum atomic E-state index is -6.02. The second kappa shape index (κ2) is 6.55. The highest BCUT2D eigenvalue weighted by Gasteiger charge is 2.72. The SMILES string of the molecule is CC(C(=O)Nc1ccc(N([O-])[O-])cc1N(O)O)(C(F)(F)F)C(F)(F)F. The van der Waals surface area contributed by atoms with Crippen molar-refractivity contribution in [3.8, 4) is 0 Å². The standard InChI is InChI=1S/C11H9F6N3O5/c1-9(10(12,13)14,11(15,16)17)8(21)18-6-3-2-5(19(22)23)4-7(6)20(24)25/h2-4,24-25H,1H3,(H,18,21)/q-2. The Morgan fingerprint density at radius 1 is 1.08 bits per heavy atom. The van der Waals surface area contributed by atoms with Gasteiger partial charge in [0.05, 0.1) is 5.69 Å². The van der Waals surface area contributed by atoms with E-state index in [0.717, 1.165) is 0 Å². The molecule has 0 radical (unpaired) electrons. The van der Waals surface area contributed by atoms with E-state index in [9.17, 15) is 41.6 Å². The van der Waals surface area contributed by atoms with Crippen LogP contribution in [0.25, 0.3) is 0 Å². The summed E-state index contributed by atoms with van der Waals surface area (Å²) in [5.41, 5.74) is -7.53. The Balaban J connectivity index is 3.35. The molecule has 0 spiro atoms. The van der Waals surface area contributed by atoms with Crippen LogP contribution in [0.15, 0.2) is 18.2 Å². The topological polar surface area (TPSA) is 122 Å². The predicted octanol–water partition coefficient (Wildman–Crippen LogP) is 3.14. The van der Waals surface area contributed by atoms with E-state index >= 15 is 0 Å². The van der Waals surface area contributed by atoms with Crippen LogP contribution in [-0.2, 0) is 4.79 Å². The molecule has 0 fully saturated rings. The molecule has 0 heterocycles. The van der Waals surface area contributed by atoms with Gasteiger partial charge in [-0.1, -0.05) is 0 Å². The molecule has 0 aliphatic carbocycles. The molecule has 0 atom stereocenters. The Morgan fingerprint density at radius 2 is 1.56 bits per heavy atom. The predicted molar refractivity (Wildman–Crippen MR) is 70.6 cm³/mol. The van der Waals surface area contributed by atoms with Crippen molar-refractivity contribution >= 4 is 23.0 Å². The number of alkyl halides is 6. The van der Waals surface area contributed by atoms with E-state index in [1.807, 2.05) is 0 Å². The minimum Gasteiger partial charge on any atom is -0.769 e. The second-order valence-corrected chi connectivity index (χ2v) is 4.82. The number of carbonyl (C=O) groups excluding carboxylic acids is 1. The molecule has 1 rings (SSSR count). The van der Waals surface area contributed by atoms with E-state index < -0.39 is 58.1 Å². The number of nitrogens with one attached hydrogen (secondary N) is 1. The Morgan fingerprint density at radius 3 is 1.92 bits per heavy atom. The average Bonchev–Trinajstić information content (AvgIpc) is 2.43. The zero-order valence-corrected chi connectivity index (χ0v) is 12.0. The first kappa shape index (κ1) is 20.8. The third-order valence-corrected chi connectivity index (χ3v) is 3.24. The summed E-state index contributed by atoms with van der Waals surface area (Å²) in [6.07, 6.45) is -12.0. The Hall–Kier alpha value is -2.29. The maximum absolute atomic E-state index is 12.8. The van der Waals surface area contributed by atoms with E-state index in [1.54, 1.807) is 0 Å². The fourth-order valence-electron chi connectivity index (χ4n) is 1.57. The van der Waals surface area contributed by atoms with Gasteiger partial charge in [0, 0.05) is 5.69 Å². The van der Waals surface area contributed by atoms with Crippen LogP contribution < -0.4 is 15.8 Å². The van der Waals surface area contributed by atoms with Gasteiger partial charge in [0.1, 0.15) is 5.69 Å². The van der Waals surface area contributed by atoms with Gasteiger partial charge in [-0.15, -0.1) is 5.23 Å². The molecule has 1 amide bonds. The maximum atomic E-state index is 12.8. The van der Waals surface area contributed by atoms with Crippen LogP contribution in [0, 0.1) is 15.8 Å². The number of anilines is 3. The van der Waals surface area contributed by atoms with Crippen molar-refractivity contribution in [1.29, 1.82) is 0 Å². The monoisotopic (exact) mass is 377 g/mol. The number of carbonyl (C=O) groups is 1. The van der Waals surface area contributed by atoms with Crippen LogP contribution in [0.5, 0.6) is 0 Å². The zero-order valence-electron chi connectivity index (χ0n) is 12.0. The Labute approximate surface area is 134 Å². The average molecular weight is 377 g/mol. The van der Waals surface area contributed by atoms with Crippen LogP contribution in [0.3, 0.4) is 0 Å². The first-order valence-corrected chi connectivity index (χ1v) is 6.04. The summed E-state index contributed by atoms with van der Waals surface area (Å²) < 4.78 is 76.8. The van der Waals surface area contributed by atoms with Crippen LogP contribution in [0.4, 0.5) is 43.4 Å². The van der Waals surface area contributed by atoms with Crippen molar-refractivity contribution < 1.29 is 41.6 Å². The smallest absolute Gasteiger partial charge is 0.411 e. The number of hydrogen-bond acceptors (Lipinski definition) is 7. The van der Waals surface area contributed by atoms with E-state index in [2.05, 4.69) is 0 Å². The highest BCUT2D eigenvalue weighted by Crippen LogP contribution is 2.50. The second-order valence-electron chi connectivity index (χ2n) is 4.82. The summed E-state index contributed by atoms with van der Waals surface area (Å²) in [4.78, 5) is 11.7. The number of rotatable bonds is 4. The molecule has 142 valence electrons. The third kappa shape index (κ3) is 3.87. The molecule has 0 aliphatic rings. The van der Waals surface area contributed by atoms with Crippen molar-refractivity contribution in [2.24, 2.45) is 5.41 Å². The number of benzene rings is 1. The van der Waals surface area contributed by atoms with Crippen molar-refractivity contribution in [3.63, 3.8) is 0 Å². The molecule has 0 saturated carbocycles. The van der Waals surface area contributed by atoms with Crippen molar-refractivity contribution in [2.75, 3.05) is 15.8 Å². The van der Waals surface area contributed by atoms with Gasteiger partial charge < -0.3 is 21.0 Å². The summed E-state index contributed by atoms with van der Waals surface area (Å²) in [5.74, 6) is -2.57. The highest BCUT2D eigenvalue weighted by atomic mass is 19.4. The molecule has 8 nitrogen and oxygen atoms in total. The summed E-state index contributed by atoms with van der Waals surface area (Å²) in [5, 5.41) is 38.4. The summed E-state index contributed by atoms with van der Waals surface area (Å²) in [6.45, 7) is -0.400. The Kier molecular flexibility index (Phi) is 5.44. The zero-order chi connectivity index (χ0) is 19.8. The maximum Gasteiger partial charge on any atom is 0.411 e. The summed E-state index contributed by atoms with van der Waals surface area (Å²) in [7, 11) is 0. The molecule has 0 unspecified atom stereocenters. The number of amides is 1. The molecule has 1 aromatic rings. The lowest BCUT2D eigenvalue weighted by atomic mass is 9.87. The molecule has 0 aliphatic heterocycles. The quantitative estimate of drug-likeness (QED) is 0.544. The van der Waals surface area contributed by atoms with E-state index in [0.29, 0.717) is 18.2 Å². The third-order valence-electron chi connectivity index (χ3n) is 3.24. The lowest BCUT2D eigenvalue weighted by molar-refractivity contribution is -0.317. The van der Waals surface area contributed by atoms with Crippen LogP contribution in [-0.4, -0.2) is 28.7 Å². The molecular weight excluding hydrogens is 368 g/mol. The lowest BCUT2D eigenvalue weighted by Crippen LogP contribution is -2.55. The number of nitrogens with zero attached hydrogens (tertiary/aromatic N) is 2. The van der Waals surface area contributed by atoms with Crippen molar-refractivity contribution in [1.82, 2.24) is 0 Å². The van der Waals surface area contributed by atoms with Gasteiger partial charge in [-0.3, -0.25) is 15.2 Å². The van der Waals surface area contributed by atoms with E-state index in [4.69, 9.17) is 10.4 Å². The van der Waals surface area contributed by atoms with Crippen LogP contribution >= 0.6 is 0 Å².